The summed E-state index contributed by atoms with van der Waals surface area (Å²) in [6.07, 6.45) is 0. The lowest BCUT2D eigenvalue weighted by Crippen LogP contribution is -2.01. The maximum atomic E-state index is 2.93. The van der Waals surface area contributed by atoms with E-state index in [0.29, 0.717) is 0 Å². The largest absolute Gasteiger partial charge is 0.320 e. The maximum Gasteiger partial charge on any atom is -0.00804 e. The van der Waals surface area contributed by atoms with Crippen LogP contribution in [0.1, 0.15) is 34.6 Å². The topological polar surface area (TPSA) is 12.0 Å². The minimum Gasteiger partial charge on any atom is -0.320 e. The highest BCUT2D eigenvalue weighted by atomic mass is 14.8. The first-order valence-corrected chi connectivity index (χ1v) is 3.56. The highest BCUT2D eigenvalue weighted by molar-refractivity contribution is 4.15. The van der Waals surface area contributed by atoms with Crippen molar-refractivity contribution in [2.75, 3.05) is 13.6 Å². The lowest BCUT2D eigenvalue weighted by molar-refractivity contribution is 0.864. The average Bonchev–Trinajstić information content (AvgIpc) is 1.96. The standard InChI is InChI=1S/C3H9N.2C2H6/c1-3-4-2;2*1-2/h4H,3H2,1-2H3;2*1-2H3. The van der Waals surface area contributed by atoms with Gasteiger partial charge in [-0.3, -0.25) is 0 Å². The molecule has 0 aliphatic rings. The van der Waals surface area contributed by atoms with Gasteiger partial charge in [-0.1, -0.05) is 34.6 Å². The molecule has 0 aliphatic carbocycles. The van der Waals surface area contributed by atoms with Gasteiger partial charge in [0.25, 0.3) is 0 Å². The van der Waals surface area contributed by atoms with Crippen molar-refractivity contribution in [3.8, 4) is 0 Å². The molecule has 1 N–H and O–H groups in total. The molecule has 54 valence electrons. The third-order valence-electron chi connectivity index (χ3n) is 0.354. The molecule has 0 aromatic rings. The lowest BCUT2D eigenvalue weighted by Gasteiger charge is -1.76. The van der Waals surface area contributed by atoms with Gasteiger partial charge in [-0.25, -0.2) is 0 Å². The second-order valence-electron chi connectivity index (χ2n) is 0.707. The molecule has 0 aliphatic heterocycles. The molecule has 0 saturated carbocycles. The second-order valence-corrected chi connectivity index (χ2v) is 0.707. The van der Waals surface area contributed by atoms with E-state index in [2.05, 4.69) is 12.2 Å². The van der Waals surface area contributed by atoms with Crippen LogP contribution in [0.15, 0.2) is 0 Å². The first-order valence-electron chi connectivity index (χ1n) is 3.56. The van der Waals surface area contributed by atoms with E-state index in [4.69, 9.17) is 0 Å². The van der Waals surface area contributed by atoms with E-state index in [1.54, 1.807) is 0 Å². The smallest absolute Gasteiger partial charge is 0.00804 e. The van der Waals surface area contributed by atoms with Crippen molar-refractivity contribution in [3.63, 3.8) is 0 Å². The van der Waals surface area contributed by atoms with Gasteiger partial charge in [0.1, 0.15) is 0 Å². The van der Waals surface area contributed by atoms with Gasteiger partial charge in [-0.15, -0.1) is 0 Å². The van der Waals surface area contributed by atoms with Crippen molar-refractivity contribution >= 4 is 0 Å². The molecule has 0 amide bonds. The molecule has 0 rings (SSSR count). The van der Waals surface area contributed by atoms with Crippen LogP contribution in [-0.4, -0.2) is 13.6 Å². The fourth-order valence-electron chi connectivity index (χ4n) is 0. The molecule has 1 nitrogen and oxygen atoms in total. The maximum absolute atomic E-state index is 2.93. The van der Waals surface area contributed by atoms with Gasteiger partial charge in [0.2, 0.25) is 0 Å². The quantitative estimate of drug-likeness (QED) is 0.558. The monoisotopic (exact) mass is 119 g/mol. The minimum atomic E-state index is 1.07. The number of rotatable bonds is 1. The molecule has 0 aromatic carbocycles. The van der Waals surface area contributed by atoms with Gasteiger partial charge in [0.15, 0.2) is 0 Å². The summed E-state index contributed by atoms with van der Waals surface area (Å²) >= 11 is 0. The van der Waals surface area contributed by atoms with Gasteiger partial charge in [0, 0.05) is 0 Å². The van der Waals surface area contributed by atoms with Crippen LogP contribution >= 0.6 is 0 Å². The zero-order valence-electron chi connectivity index (χ0n) is 7.21. The molecular formula is C7H21N. The van der Waals surface area contributed by atoms with Crippen LogP contribution in [-0.2, 0) is 0 Å². The Hall–Kier alpha value is -0.0400. The summed E-state index contributed by atoms with van der Waals surface area (Å²) in [5.74, 6) is 0. The Balaban J connectivity index is -0.0000000542. The van der Waals surface area contributed by atoms with E-state index in [1.165, 1.54) is 0 Å². The Bertz CT molecular complexity index is 6.35. The van der Waals surface area contributed by atoms with Gasteiger partial charge in [0.05, 0.1) is 0 Å². The third-order valence-corrected chi connectivity index (χ3v) is 0.354. The van der Waals surface area contributed by atoms with Crippen LogP contribution in [0.4, 0.5) is 0 Å². The van der Waals surface area contributed by atoms with E-state index in [9.17, 15) is 0 Å². The Morgan fingerprint density at radius 1 is 1.00 bits per heavy atom. The van der Waals surface area contributed by atoms with Gasteiger partial charge < -0.3 is 5.32 Å². The summed E-state index contributed by atoms with van der Waals surface area (Å²) in [6.45, 7) is 11.1. The summed E-state index contributed by atoms with van der Waals surface area (Å²) < 4.78 is 0. The normalized spacial score (nSPS) is 5.25. The average molecular weight is 119 g/mol. The number of nitrogens with one attached hydrogen (secondary N) is 1. The predicted octanol–water partition coefficient (Wildman–Crippen LogP) is 2.28. The van der Waals surface area contributed by atoms with Crippen LogP contribution in [0.5, 0.6) is 0 Å². The van der Waals surface area contributed by atoms with Crippen molar-refractivity contribution in [2.24, 2.45) is 0 Å². The highest BCUT2D eigenvalue weighted by Gasteiger charge is 1.50. The van der Waals surface area contributed by atoms with Crippen molar-refractivity contribution in [1.29, 1.82) is 0 Å². The van der Waals surface area contributed by atoms with E-state index in [1.807, 2.05) is 34.7 Å². The molecule has 8 heavy (non-hydrogen) atoms. The Kier molecular flexibility index (Phi) is 126. The molecule has 0 heterocycles. The zero-order chi connectivity index (χ0) is 7.41. The molecule has 0 bridgehead atoms. The van der Waals surface area contributed by atoms with Gasteiger partial charge in [-0.2, -0.15) is 0 Å². The first-order chi connectivity index (χ1) is 3.91. The number of hydrogen-bond acceptors (Lipinski definition) is 1. The summed E-state index contributed by atoms with van der Waals surface area (Å²) in [6, 6.07) is 0. The van der Waals surface area contributed by atoms with Gasteiger partial charge in [-0.05, 0) is 13.6 Å². The molecular weight excluding hydrogens is 98.1 g/mol. The SMILES string of the molecule is CC.CC.CCNC. The summed E-state index contributed by atoms with van der Waals surface area (Å²) in [4.78, 5) is 0. The Morgan fingerprint density at radius 2 is 1.12 bits per heavy atom. The fourth-order valence-corrected chi connectivity index (χ4v) is 0. The number of hydrogen-bond donors (Lipinski definition) is 1. The first kappa shape index (κ1) is 15.7. The lowest BCUT2D eigenvalue weighted by atomic mass is 10.8. The van der Waals surface area contributed by atoms with Crippen molar-refractivity contribution in [3.05, 3.63) is 0 Å². The van der Waals surface area contributed by atoms with Crippen LogP contribution in [0.3, 0.4) is 0 Å². The highest BCUT2D eigenvalue weighted by Crippen LogP contribution is 1.34. The Labute approximate surface area is 54.5 Å². The van der Waals surface area contributed by atoms with Gasteiger partial charge >= 0.3 is 0 Å². The van der Waals surface area contributed by atoms with E-state index < -0.39 is 0 Å². The summed E-state index contributed by atoms with van der Waals surface area (Å²) in [5, 5.41) is 2.93. The van der Waals surface area contributed by atoms with Crippen LogP contribution in [0.2, 0.25) is 0 Å². The minimum absolute atomic E-state index is 1.07. The van der Waals surface area contributed by atoms with Crippen molar-refractivity contribution < 1.29 is 0 Å². The van der Waals surface area contributed by atoms with E-state index in [-0.39, 0.29) is 0 Å². The molecule has 1 heteroatoms. The Morgan fingerprint density at radius 3 is 1.12 bits per heavy atom. The summed E-state index contributed by atoms with van der Waals surface area (Å²) in [5.41, 5.74) is 0. The molecule has 0 radical (unpaired) electrons. The van der Waals surface area contributed by atoms with Crippen LogP contribution < -0.4 is 5.32 Å². The molecule has 0 spiro atoms. The molecule has 0 unspecified atom stereocenters. The van der Waals surface area contributed by atoms with Crippen LogP contribution in [0.25, 0.3) is 0 Å². The molecule has 0 aromatic heterocycles. The molecule has 0 saturated heterocycles. The third kappa shape index (κ3) is 159. The fraction of sp³-hybridized carbons (Fsp3) is 1.00. The molecule has 0 fully saturated rings. The van der Waals surface area contributed by atoms with Crippen molar-refractivity contribution in [2.45, 2.75) is 34.6 Å². The van der Waals surface area contributed by atoms with Crippen molar-refractivity contribution in [1.82, 2.24) is 5.32 Å². The van der Waals surface area contributed by atoms with E-state index in [0.717, 1.165) is 6.54 Å². The van der Waals surface area contributed by atoms with Crippen LogP contribution in [0, 0.1) is 0 Å². The second kappa shape index (κ2) is 64.4. The zero-order valence-corrected chi connectivity index (χ0v) is 7.21. The predicted molar refractivity (Wildman–Crippen MR) is 42.3 cm³/mol. The summed E-state index contributed by atoms with van der Waals surface area (Å²) in [7, 11) is 1.93. The molecule has 0 atom stereocenters. The van der Waals surface area contributed by atoms with E-state index >= 15 is 0 Å².